The molecule has 1 unspecified atom stereocenters. The van der Waals surface area contributed by atoms with E-state index in [9.17, 15) is 4.79 Å². The van der Waals surface area contributed by atoms with Crippen molar-refractivity contribution >= 4 is 16.8 Å². The molecule has 0 aliphatic carbocycles. The number of H-pyrrole nitrogens is 1. The first-order valence-corrected chi connectivity index (χ1v) is 13.0. The molecule has 0 saturated carbocycles. The summed E-state index contributed by atoms with van der Waals surface area (Å²) >= 11 is 0. The number of amides is 1. The summed E-state index contributed by atoms with van der Waals surface area (Å²) in [7, 11) is 3.28. The summed E-state index contributed by atoms with van der Waals surface area (Å²) in [5.41, 5.74) is 3.63. The third-order valence-electron chi connectivity index (χ3n) is 6.91. The molecule has 2 aromatic heterocycles. The number of carbonyl (C=O) groups is 1. The van der Waals surface area contributed by atoms with Gasteiger partial charge in [0.15, 0.2) is 17.2 Å². The van der Waals surface area contributed by atoms with Crippen LogP contribution in [0, 0.1) is 0 Å². The van der Waals surface area contributed by atoms with Crippen LogP contribution in [0.2, 0.25) is 0 Å². The second kappa shape index (κ2) is 12.1. The molecule has 9 nitrogen and oxygen atoms in total. The van der Waals surface area contributed by atoms with Gasteiger partial charge in [-0.25, -0.2) is 4.98 Å². The third kappa shape index (κ3) is 6.00. The van der Waals surface area contributed by atoms with Crippen LogP contribution in [0.25, 0.3) is 10.9 Å². The van der Waals surface area contributed by atoms with Gasteiger partial charge in [-0.2, -0.15) is 0 Å². The summed E-state index contributed by atoms with van der Waals surface area (Å²) in [4.78, 5) is 22.7. The summed E-state index contributed by atoms with van der Waals surface area (Å²) in [5.74, 6) is 1.61. The molecule has 1 aliphatic heterocycles. The number of carbonyl (C=O) groups excluding carboxylic acids is 1. The zero-order valence-electron chi connectivity index (χ0n) is 21.9. The fourth-order valence-electron chi connectivity index (χ4n) is 4.93. The Morgan fingerprint density at radius 1 is 1.13 bits per heavy atom. The predicted molar refractivity (Wildman–Crippen MR) is 143 cm³/mol. The predicted octanol–water partition coefficient (Wildman–Crippen LogP) is 4.33. The molecule has 5 rings (SSSR count). The topological polar surface area (TPSA) is 102 Å². The Hall–Kier alpha value is -3.82. The molecular weight excluding hydrogens is 484 g/mol. The van der Waals surface area contributed by atoms with E-state index < -0.39 is 0 Å². The maximum atomic E-state index is 12.6. The number of rotatable bonds is 12. The van der Waals surface area contributed by atoms with Crippen molar-refractivity contribution in [2.24, 2.45) is 0 Å². The highest BCUT2D eigenvalue weighted by Gasteiger charge is 2.20. The van der Waals surface area contributed by atoms with Gasteiger partial charge in [-0.15, -0.1) is 0 Å². The van der Waals surface area contributed by atoms with Gasteiger partial charge in [0, 0.05) is 48.9 Å². The molecule has 9 heteroatoms. The molecule has 1 saturated heterocycles. The molecule has 0 radical (unpaired) electrons. The molecule has 0 spiro atoms. The Morgan fingerprint density at radius 3 is 2.84 bits per heavy atom. The second-order valence-corrected chi connectivity index (χ2v) is 9.44. The molecular formula is C29H34N4O5. The van der Waals surface area contributed by atoms with E-state index in [1.165, 1.54) is 17.2 Å². The van der Waals surface area contributed by atoms with Gasteiger partial charge in [0.25, 0.3) is 5.91 Å². The van der Waals surface area contributed by atoms with Gasteiger partial charge in [-0.05, 0) is 37.0 Å². The minimum absolute atomic E-state index is 0.0724. The lowest BCUT2D eigenvalue weighted by atomic mass is 10.1. The summed E-state index contributed by atoms with van der Waals surface area (Å²) < 4.78 is 22.5. The van der Waals surface area contributed by atoms with Crippen LogP contribution in [-0.4, -0.2) is 60.8 Å². The number of oxazole rings is 1. The van der Waals surface area contributed by atoms with E-state index in [1.54, 1.807) is 14.2 Å². The third-order valence-corrected chi connectivity index (χ3v) is 6.91. The van der Waals surface area contributed by atoms with Crippen molar-refractivity contribution in [1.29, 1.82) is 0 Å². The second-order valence-electron chi connectivity index (χ2n) is 9.44. The average Bonchev–Trinajstić information content (AvgIpc) is 3.72. The molecule has 1 fully saturated rings. The maximum absolute atomic E-state index is 12.6. The van der Waals surface area contributed by atoms with Crippen LogP contribution in [0.4, 0.5) is 0 Å². The van der Waals surface area contributed by atoms with E-state index in [1.807, 2.05) is 24.3 Å². The summed E-state index contributed by atoms with van der Waals surface area (Å²) in [5, 5.41) is 4.12. The van der Waals surface area contributed by atoms with Crippen LogP contribution in [0.15, 0.2) is 59.3 Å². The number of nitrogens with one attached hydrogen (secondary N) is 2. The number of para-hydroxylation sites is 2. The minimum Gasteiger partial charge on any atom is -0.493 e. The van der Waals surface area contributed by atoms with Crippen LogP contribution in [0.5, 0.6) is 11.5 Å². The van der Waals surface area contributed by atoms with Crippen molar-refractivity contribution in [2.75, 3.05) is 33.9 Å². The lowest BCUT2D eigenvalue weighted by Crippen LogP contribution is -2.32. The van der Waals surface area contributed by atoms with Crippen LogP contribution < -0.4 is 14.8 Å². The van der Waals surface area contributed by atoms with Crippen molar-refractivity contribution in [1.82, 2.24) is 20.2 Å². The maximum Gasteiger partial charge on any atom is 0.273 e. The van der Waals surface area contributed by atoms with E-state index >= 15 is 0 Å². The number of hydrogen-bond donors (Lipinski definition) is 2. The smallest absolute Gasteiger partial charge is 0.273 e. The van der Waals surface area contributed by atoms with E-state index in [2.05, 4.69) is 44.6 Å². The number of hydrogen-bond acceptors (Lipinski definition) is 7. The van der Waals surface area contributed by atoms with Gasteiger partial charge in [0.2, 0.25) is 5.89 Å². The Kier molecular flexibility index (Phi) is 8.25. The fourth-order valence-corrected chi connectivity index (χ4v) is 4.93. The van der Waals surface area contributed by atoms with Crippen LogP contribution >= 0.6 is 0 Å². The Morgan fingerprint density at radius 2 is 2.03 bits per heavy atom. The molecule has 1 aliphatic rings. The zero-order chi connectivity index (χ0) is 26.3. The van der Waals surface area contributed by atoms with Gasteiger partial charge in [-0.1, -0.05) is 30.3 Å². The van der Waals surface area contributed by atoms with Gasteiger partial charge in [-0.3, -0.25) is 9.69 Å². The highest BCUT2D eigenvalue weighted by molar-refractivity contribution is 5.91. The Labute approximate surface area is 222 Å². The lowest BCUT2D eigenvalue weighted by molar-refractivity contribution is 0.0853. The van der Waals surface area contributed by atoms with Gasteiger partial charge in [0.1, 0.15) is 6.26 Å². The van der Waals surface area contributed by atoms with Crippen molar-refractivity contribution in [3.05, 3.63) is 77.6 Å². The Balaban J connectivity index is 1.31. The van der Waals surface area contributed by atoms with E-state index in [0.29, 0.717) is 37.0 Å². The number of aromatic amines is 1. The minimum atomic E-state index is -0.254. The number of nitrogens with zero attached hydrogens (tertiary/aromatic N) is 2. The van der Waals surface area contributed by atoms with Crippen molar-refractivity contribution in [2.45, 2.75) is 38.5 Å². The molecule has 1 atom stereocenters. The average molecular weight is 519 g/mol. The van der Waals surface area contributed by atoms with E-state index in [4.69, 9.17) is 18.6 Å². The molecule has 4 aromatic rings. The first-order chi connectivity index (χ1) is 18.6. The van der Waals surface area contributed by atoms with Crippen LogP contribution in [-0.2, 0) is 24.2 Å². The molecule has 0 bridgehead atoms. The highest BCUT2D eigenvalue weighted by Crippen LogP contribution is 2.32. The molecule has 2 aromatic carbocycles. The van der Waals surface area contributed by atoms with Crippen molar-refractivity contribution in [3.63, 3.8) is 0 Å². The lowest BCUT2D eigenvalue weighted by Gasteiger charge is -2.22. The van der Waals surface area contributed by atoms with E-state index in [0.717, 1.165) is 43.5 Å². The molecule has 2 N–H and O–H groups in total. The quantitative estimate of drug-likeness (QED) is 0.288. The van der Waals surface area contributed by atoms with E-state index in [-0.39, 0.29) is 17.7 Å². The molecule has 3 heterocycles. The Bertz CT molecular complexity index is 1360. The molecule has 1 amide bonds. The normalized spacial score (nSPS) is 15.3. The monoisotopic (exact) mass is 518 g/mol. The summed E-state index contributed by atoms with van der Waals surface area (Å²) in [6.45, 7) is 2.99. The summed E-state index contributed by atoms with van der Waals surface area (Å²) in [6, 6.07) is 14.2. The first-order valence-electron chi connectivity index (χ1n) is 13.0. The molecule has 200 valence electrons. The number of aromatic nitrogens is 2. The van der Waals surface area contributed by atoms with Crippen LogP contribution in [0.3, 0.4) is 0 Å². The van der Waals surface area contributed by atoms with Crippen molar-refractivity contribution < 1.29 is 23.4 Å². The highest BCUT2D eigenvalue weighted by atomic mass is 16.5. The number of fused-ring (bicyclic) bond motifs is 1. The molecule has 38 heavy (non-hydrogen) atoms. The standard InChI is InChI=1S/C29H34N4O5/c1-35-26-11-5-7-21(28(26)36-2)17-33(13-12-20-15-30-24-10-4-3-9-23(20)24)18-27-32-25(19-38-27)29(34)31-16-22-8-6-14-37-22/h3-5,7,9-11,15,19,22,30H,6,8,12-14,16-18H2,1-2H3,(H,31,34). The van der Waals surface area contributed by atoms with Crippen molar-refractivity contribution in [3.8, 4) is 11.5 Å². The number of methoxy groups -OCH3 is 2. The van der Waals surface area contributed by atoms with Crippen LogP contribution in [0.1, 0.15) is 40.3 Å². The van der Waals surface area contributed by atoms with Gasteiger partial charge < -0.3 is 28.9 Å². The zero-order valence-corrected chi connectivity index (χ0v) is 21.9. The summed E-state index contributed by atoms with van der Waals surface area (Å²) in [6.07, 6.45) is 6.38. The SMILES string of the molecule is COc1cccc(CN(CCc2c[nH]c3ccccc23)Cc2nc(C(=O)NCC3CCCO3)co2)c1OC. The number of ether oxygens (including phenoxy) is 3. The van der Waals surface area contributed by atoms with Gasteiger partial charge in [0.05, 0.1) is 26.9 Å². The first kappa shape index (κ1) is 25.8. The van der Waals surface area contributed by atoms with Gasteiger partial charge >= 0.3 is 0 Å². The largest absolute Gasteiger partial charge is 0.493 e. The number of benzene rings is 2. The fraction of sp³-hybridized carbons (Fsp3) is 0.379.